The number of nitrogens with one attached hydrogen (secondary N) is 1. The molecule has 1 aromatic carbocycles. The Morgan fingerprint density at radius 1 is 1.19 bits per heavy atom. The monoisotopic (exact) mass is 388 g/mol. The predicted molar refractivity (Wildman–Crippen MR) is 106 cm³/mol. The van der Waals surface area contributed by atoms with E-state index in [-0.39, 0.29) is 24.6 Å². The molecule has 0 aliphatic heterocycles. The molecule has 2 heterocycles. The number of thiazole rings is 1. The first kappa shape index (κ1) is 19.5. The van der Waals surface area contributed by atoms with Gasteiger partial charge >= 0.3 is 6.01 Å². The molecule has 0 unspecified atom stereocenters. The molecular formula is C19H24N4O3S. The van der Waals surface area contributed by atoms with E-state index < -0.39 is 6.10 Å². The molecule has 1 atom stereocenters. The van der Waals surface area contributed by atoms with E-state index in [0.29, 0.717) is 5.89 Å². The highest BCUT2D eigenvalue weighted by Gasteiger charge is 2.18. The lowest BCUT2D eigenvalue weighted by Gasteiger charge is -2.18. The molecule has 3 N–H and O–H groups in total. The Bertz CT molecular complexity index is 897. The van der Waals surface area contributed by atoms with Crippen LogP contribution < -0.4 is 5.32 Å². The number of aliphatic hydroxyl groups excluding tert-OH is 2. The quantitative estimate of drug-likeness (QED) is 0.595. The van der Waals surface area contributed by atoms with Crippen LogP contribution in [0.25, 0.3) is 21.3 Å². The third kappa shape index (κ3) is 4.52. The van der Waals surface area contributed by atoms with Crippen molar-refractivity contribution in [1.29, 1.82) is 0 Å². The maximum Gasteiger partial charge on any atom is 0.315 e. The smallest absolute Gasteiger partial charge is 0.315 e. The van der Waals surface area contributed by atoms with Crippen molar-refractivity contribution in [1.82, 2.24) is 15.2 Å². The second-order valence-electron chi connectivity index (χ2n) is 7.39. The van der Waals surface area contributed by atoms with Crippen molar-refractivity contribution in [3.63, 3.8) is 0 Å². The van der Waals surface area contributed by atoms with Crippen LogP contribution in [-0.2, 0) is 5.41 Å². The van der Waals surface area contributed by atoms with Gasteiger partial charge in [0.15, 0.2) is 0 Å². The summed E-state index contributed by atoms with van der Waals surface area (Å²) in [6.07, 6.45) is -0.881. The van der Waals surface area contributed by atoms with E-state index in [1.54, 1.807) is 0 Å². The molecule has 3 aromatic rings. The van der Waals surface area contributed by atoms with E-state index in [1.165, 1.54) is 16.9 Å². The Morgan fingerprint density at radius 2 is 1.89 bits per heavy atom. The van der Waals surface area contributed by atoms with Crippen molar-refractivity contribution in [2.45, 2.75) is 39.2 Å². The molecule has 27 heavy (non-hydrogen) atoms. The number of hydrogen-bond acceptors (Lipinski definition) is 8. The molecule has 0 saturated heterocycles. The molecule has 0 radical (unpaired) electrons. The van der Waals surface area contributed by atoms with Gasteiger partial charge in [0.25, 0.3) is 5.89 Å². The highest BCUT2D eigenvalue weighted by atomic mass is 32.1. The third-order valence-corrected chi connectivity index (χ3v) is 5.31. The molecule has 2 aromatic heterocycles. The lowest BCUT2D eigenvalue weighted by atomic mass is 9.87. The maximum atomic E-state index is 9.38. The Kier molecular flexibility index (Phi) is 5.59. The summed E-state index contributed by atoms with van der Waals surface area (Å²) in [4.78, 5) is 5.46. The van der Waals surface area contributed by atoms with Crippen LogP contribution >= 0.6 is 11.3 Å². The average Bonchev–Trinajstić information content (AvgIpc) is 3.25. The summed E-state index contributed by atoms with van der Waals surface area (Å²) < 4.78 is 5.60. The van der Waals surface area contributed by atoms with E-state index in [9.17, 15) is 5.11 Å². The second kappa shape index (κ2) is 7.75. The first-order chi connectivity index (χ1) is 12.8. The molecule has 7 nitrogen and oxygen atoms in total. The number of nitrogens with zero attached hydrogens (tertiary/aromatic N) is 3. The number of aryl methyl sites for hydroxylation is 1. The number of hydrogen-bond donors (Lipinski definition) is 3. The fourth-order valence-electron chi connectivity index (χ4n) is 2.49. The third-order valence-electron chi connectivity index (χ3n) is 4.11. The zero-order valence-electron chi connectivity index (χ0n) is 15.9. The number of rotatable bonds is 6. The van der Waals surface area contributed by atoms with Crippen LogP contribution in [-0.4, -0.2) is 44.7 Å². The van der Waals surface area contributed by atoms with Crippen LogP contribution in [0.2, 0.25) is 0 Å². The lowest BCUT2D eigenvalue weighted by molar-refractivity contribution is 0.105. The van der Waals surface area contributed by atoms with Crippen molar-refractivity contribution in [3.8, 4) is 21.3 Å². The van der Waals surface area contributed by atoms with Gasteiger partial charge in [-0.3, -0.25) is 0 Å². The van der Waals surface area contributed by atoms with E-state index in [4.69, 9.17) is 9.52 Å². The van der Waals surface area contributed by atoms with Gasteiger partial charge in [-0.1, -0.05) is 50.1 Å². The Hall–Kier alpha value is -2.29. The normalized spacial score (nSPS) is 13.0. The summed E-state index contributed by atoms with van der Waals surface area (Å²) in [5.74, 6) is 0.378. The minimum absolute atomic E-state index is 0.110. The zero-order chi connectivity index (χ0) is 19.6. The Morgan fingerprint density at radius 3 is 2.52 bits per heavy atom. The van der Waals surface area contributed by atoms with Crippen LogP contribution in [0.1, 0.15) is 32.0 Å². The highest BCUT2D eigenvalue weighted by Crippen LogP contribution is 2.35. The standard InChI is InChI=1S/C19H24N4O3S/c1-11-15(16-22-23-18(26-16)20-9-14(25)10-24)27-17(21-11)12-5-7-13(8-6-12)19(2,3)4/h5-8,14,24-25H,9-10H2,1-4H3,(H,20,23)/t14-/m0/s1. The van der Waals surface area contributed by atoms with Crippen LogP contribution in [0.4, 0.5) is 6.01 Å². The molecule has 0 aliphatic carbocycles. The maximum absolute atomic E-state index is 9.38. The second-order valence-corrected chi connectivity index (χ2v) is 8.39. The molecule has 0 bridgehead atoms. The SMILES string of the molecule is Cc1nc(-c2ccc(C(C)(C)C)cc2)sc1-c1nnc(NC[C@H](O)CO)o1. The van der Waals surface area contributed by atoms with E-state index >= 15 is 0 Å². The largest absolute Gasteiger partial charge is 0.402 e. The molecule has 0 aliphatic rings. The minimum atomic E-state index is -0.881. The van der Waals surface area contributed by atoms with Crippen LogP contribution in [0.5, 0.6) is 0 Å². The summed E-state index contributed by atoms with van der Waals surface area (Å²) >= 11 is 1.50. The van der Waals surface area contributed by atoms with Crippen molar-refractivity contribution in [2.24, 2.45) is 0 Å². The summed E-state index contributed by atoms with van der Waals surface area (Å²) in [6, 6.07) is 8.63. The highest BCUT2D eigenvalue weighted by molar-refractivity contribution is 7.18. The predicted octanol–water partition coefficient (Wildman–Crippen LogP) is 3.23. The summed E-state index contributed by atoms with van der Waals surface area (Å²) in [5, 5.41) is 29.9. The molecule has 8 heteroatoms. The molecular weight excluding hydrogens is 364 g/mol. The van der Waals surface area contributed by atoms with Crippen molar-refractivity contribution in [3.05, 3.63) is 35.5 Å². The summed E-state index contributed by atoms with van der Waals surface area (Å²) in [6.45, 7) is 8.27. The van der Waals surface area contributed by atoms with Gasteiger partial charge in [-0.25, -0.2) is 4.98 Å². The first-order valence-electron chi connectivity index (χ1n) is 8.73. The van der Waals surface area contributed by atoms with Crippen molar-refractivity contribution < 1.29 is 14.6 Å². The van der Waals surface area contributed by atoms with Crippen LogP contribution in [0, 0.1) is 6.92 Å². The average molecular weight is 388 g/mol. The van der Waals surface area contributed by atoms with Gasteiger partial charge in [-0.05, 0) is 17.9 Å². The number of anilines is 1. The van der Waals surface area contributed by atoms with Crippen LogP contribution in [0.15, 0.2) is 28.7 Å². The van der Waals surface area contributed by atoms with E-state index in [0.717, 1.165) is 21.1 Å². The summed E-state index contributed by atoms with van der Waals surface area (Å²) in [5.41, 5.74) is 3.25. The molecule has 144 valence electrons. The van der Waals surface area contributed by atoms with Gasteiger partial charge < -0.3 is 19.9 Å². The molecule has 0 fully saturated rings. The summed E-state index contributed by atoms with van der Waals surface area (Å²) in [7, 11) is 0. The van der Waals surface area contributed by atoms with Gasteiger partial charge in [0.2, 0.25) is 0 Å². The minimum Gasteiger partial charge on any atom is -0.402 e. The van der Waals surface area contributed by atoms with Crippen LogP contribution in [0.3, 0.4) is 0 Å². The van der Waals surface area contributed by atoms with E-state index in [1.807, 2.05) is 6.92 Å². The number of aliphatic hydroxyl groups is 2. The first-order valence-corrected chi connectivity index (χ1v) is 9.54. The van der Waals surface area contributed by atoms with Gasteiger partial charge in [-0.2, -0.15) is 0 Å². The molecule has 0 amide bonds. The Balaban J connectivity index is 1.80. The van der Waals surface area contributed by atoms with Gasteiger partial charge in [-0.15, -0.1) is 16.4 Å². The fraction of sp³-hybridized carbons (Fsp3) is 0.421. The Labute approximate surface area is 162 Å². The molecule has 3 rings (SSSR count). The van der Waals surface area contributed by atoms with Gasteiger partial charge in [0, 0.05) is 12.1 Å². The number of benzene rings is 1. The van der Waals surface area contributed by atoms with Gasteiger partial charge in [0.05, 0.1) is 18.4 Å². The van der Waals surface area contributed by atoms with Crippen molar-refractivity contribution >= 4 is 17.4 Å². The molecule has 0 spiro atoms. The van der Waals surface area contributed by atoms with Gasteiger partial charge in [0.1, 0.15) is 9.88 Å². The molecule has 0 saturated carbocycles. The van der Waals surface area contributed by atoms with E-state index in [2.05, 4.69) is 65.5 Å². The fourth-order valence-corrected chi connectivity index (χ4v) is 3.48. The topological polar surface area (TPSA) is 104 Å². The zero-order valence-corrected chi connectivity index (χ0v) is 16.7. The van der Waals surface area contributed by atoms with Crippen molar-refractivity contribution in [2.75, 3.05) is 18.5 Å². The number of aromatic nitrogens is 3. The lowest BCUT2D eigenvalue weighted by Crippen LogP contribution is -2.23.